The Morgan fingerprint density at radius 1 is 1.05 bits per heavy atom. The number of aliphatic hydroxyl groups excluding tert-OH is 1. The maximum absolute atomic E-state index is 10.8. The Kier molecular flexibility index (Phi) is 4.07. The normalized spacial score (nSPS) is 10.1. The molecular weight excluding hydrogens is 264 g/mol. The zero-order valence-corrected chi connectivity index (χ0v) is 10.3. The highest BCUT2D eigenvalue weighted by atomic mass is 16.4. The lowest BCUT2D eigenvalue weighted by Crippen LogP contribution is -1.94. The number of hydrogen-bond donors (Lipinski definition) is 3. The van der Waals surface area contributed by atoms with E-state index < -0.39 is 11.4 Å². The summed E-state index contributed by atoms with van der Waals surface area (Å²) in [5.41, 5.74) is -0.555. The van der Waals surface area contributed by atoms with Gasteiger partial charge in [0.15, 0.2) is 11.3 Å². The molecule has 6 nitrogen and oxygen atoms in total. The number of benzene rings is 1. The molecule has 1 aromatic carbocycles. The number of phenolic OH excluding ortho intramolecular Hbond substituents is 2. The summed E-state index contributed by atoms with van der Waals surface area (Å²) < 4.78 is 9.44. The summed E-state index contributed by atoms with van der Waals surface area (Å²) in [6.07, 6.45) is 1.53. The van der Waals surface area contributed by atoms with Gasteiger partial charge in [0.1, 0.15) is 12.4 Å². The van der Waals surface area contributed by atoms with E-state index in [0.717, 1.165) is 0 Å². The molecule has 2 heterocycles. The minimum atomic E-state index is -0.562. The lowest BCUT2D eigenvalue weighted by molar-refractivity contribution is 0.247. The molecule has 6 heteroatoms. The van der Waals surface area contributed by atoms with Crippen molar-refractivity contribution in [2.45, 2.75) is 6.61 Å². The first-order chi connectivity index (χ1) is 9.61. The number of furan rings is 1. The van der Waals surface area contributed by atoms with Crippen LogP contribution in [0, 0.1) is 0 Å². The van der Waals surface area contributed by atoms with Gasteiger partial charge in [-0.05, 0) is 30.3 Å². The maximum Gasteiger partial charge on any atom is 0.336 e. The third kappa shape index (κ3) is 2.99. The molecule has 0 aliphatic carbocycles. The maximum atomic E-state index is 10.8. The minimum Gasteiger partial charge on any atom is -0.504 e. The first-order valence-corrected chi connectivity index (χ1v) is 5.70. The van der Waals surface area contributed by atoms with E-state index in [0.29, 0.717) is 11.1 Å². The molecule has 0 spiro atoms. The quantitative estimate of drug-likeness (QED) is 0.463. The van der Waals surface area contributed by atoms with Gasteiger partial charge in [0.25, 0.3) is 0 Å². The van der Waals surface area contributed by atoms with Crippen LogP contribution in [-0.2, 0) is 6.61 Å². The smallest absolute Gasteiger partial charge is 0.336 e. The average molecular weight is 276 g/mol. The van der Waals surface area contributed by atoms with E-state index in [4.69, 9.17) is 19.0 Å². The molecule has 3 N–H and O–H groups in total. The van der Waals surface area contributed by atoms with Crippen LogP contribution in [0.3, 0.4) is 0 Å². The average Bonchev–Trinajstić information content (AvgIpc) is 2.98. The van der Waals surface area contributed by atoms with Gasteiger partial charge in [0.05, 0.1) is 6.26 Å². The Hall–Kier alpha value is -2.73. The Balaban J connectivity index is 0.000000178. The molecule has 0 atom stereocenters. The van der Waals surface area contributed by atoms with E-state index in [1.54, 1.807) is 18.2 Å². The van der Waals surface area contributed by atoms with Gasteiger partial charge in [0, 0.05) is 11.5 Å². The molecule has 0 bridgehead atoms. The minimum absolute atomic E-state index is 0.00694. The van der Waals surface area contributed by atoms with Gasteiger partial charge in [0.2, 0.25) is 5.75 Å². The summed E-state index contributed by atoms with van der Waals surface area (Å²) in [5.74, 6) is -0.1000. The fourth-order valence-electron chi connectivity index (χ4n) is 1.51. The van der Waals surface area contributed by atoms with Crippen molar-refractivity contribution in [2.24, 2.45) is 0 Å². The van der Waals surface area contributed by atoms with E-state index >= 15 is 0 Å². The first-order valence-electron chi connectivity index (χ1n) is 5.70. The van der Waals surface area contributed by atoms with E-state index in [1.165, 1.54) is 24.5 Å². The van der Waals surface area contributed by atoms with Crippen LogP contribution in [0.4, 0.5) is 0 Å². The summed E-state index contributed by atoms with van der Waals surface area (Å²) in [4.78, 5) is 10.8. The molecule has 0 saturated carbocycles. The molecule has 0 fully saturated rings. The van der Waals surface area contributed by atoms with Crippen LogP contribution >= 0.6 is 0 Å². The molecule has 104 valence electrons. The van der Waals surface area contributed by atoms with Crippen molar-refractivity contribution in [1.29, 1.82) is 0 Å². The van der Waals surface area contributed by atoms with Crippen LogP contribution in [0.5, 0.6) is 11.5 Å². The standard InChI is InChI=1S/C9H6O4.C5H6O2/c10-6-3-1-5-2-4-7(11)13-9(5)8(6)12;6-4-5-2-1-3-7-5/h1-4,10,12H;1-3,6H,4H2. The van der Waals surface area contributed by atoms with E-state index in [1.807, 2.05) is 0 Å². The highest BCUT2D eigenvalue weighted by Crippen LogP contribution is 2.31. The van der Waals surface area contributed by atoms with Crippen molar-refractivity contribution in [3.8, 4) is 11.5 Å². The predicted octanol–water partition coefficient (Wildman–Crippen LogP) is 1.98. The number of fused-ring (bicyclic) bond motifs is 1. The summed E-state index contributed by atoms with van der Waals surface area (Å²) in [7, 11) is 0. The first kappa shape index (κ1) is 13.7. The topological polar surface area (TPSA) is 104 Å². The summed E-state index contributed by atoms with van der Waals surface area (Å²) in [5, 5.41) is 27.3. The number of hydrogen-bond acceptors (Lipinski definition) is 6. The number of aromatic hydroxyl groups is 2. The fourth-order valence-corrected chi connectivity index (χ4v) is 1.51. The van der Waals surface area contributed by atoms with Crippen molar-refractivity contribution in [3.05, 3.63) is 58.8 Å². The summed E-state index contributed by atoms with van der Waals surface area (Å²) >= 11 is 0. The van der Waals surface area contributed by atoms with Gasteiger partial charge in [-0.25, -0.2) is 4.79 Å². The number of aliphatic hydroxyl groups is 1. The van der Waals surface area contributed by atoms with E-state index in [-0.39, 0.29) is 17.9 Å². The molecule has 2 aromatic heterocycles. The highest BCUT2D eigenvalue weighted by molar-refractivity contribution is 5.84. The van der Waals surface area contributed by atoms with Crippen LogP contribution in [0.25, 0.3) is 11.0 Å². The largest absolute Gasteiger partial charge is 0.504 e. The number of rotatable bonds is 1. The van der Waals surface area contributed by atoms with Crippen molar-refractivity contribution in [3.63, 3.8) is 0 Å². The van der Waals surface area contributed by atoms with Crippen molar-refractivity contribution < 1.29 is 24.2 Å². The molecule has 0 radical (unpaired) electrons. The molecule has 0 amide bonds. The molecule has 20 heavy (non-hydrogen) atoms. The van der Waals surface area contributed by atoms with Crippen LogP contribution in [0.15, 0.2) is 56.3 Å². The second kappa shape index (κ2) is 5.94. The van der Waals surface area contributed by atoms with Gasteiger partial charge >= 0.3 is 5.63 Å². The molecule has 0 aliphatic heterocycles. The van der Waals surface area contributed by atoms with Crippen molar-refractivity contribution in [1.82, 2.24) is 0 Å². The van der Waals surface area contributed by atoms with Gasteiger partial charge < -0.3 is 24.2 Å². The van der Waals surface area contributed by atoms with Gasteiger partial charge in [-0.1, -0.05) is 0 Å². The Bertz CT molecular complexity index is 742. The summed E-state index contributed by atoms with van der Waals surface area (Å²) in [6.45, 7) is -0.00694. The van der Waals surface area contributed by atoms with Crippen molar-refractivity contribution >= 4 is 11.0 Å². The van der Waals surface area contributed by atoms with Crippen molar-refractivity contribution in [2.75, 3.05) is 0 Å². The Morgan fingerprint density at radius 3 is 2.40 bits per heavy atom. The zero-order valence-electron chi connectivity index (χ0n) is 10.3. The van der Waals surface area contributed by atoms with Gasteiger partial charge in [-0.15, -0.1) is 0 Å². The van der Waals surface area contributed by atoms with Crippen LogP contribution in [-0.4, -0.2) is 15.3 Å². The predicted molar refractivity (Wildman–Crippen MR) is 70.4 cm³/mol. The Labute approximate surface area is 113 Å². The molecule has 0 unspecified atom stereocenters. The fraction of sp³-hybridized carbons (Fsp3) is 0.0714. The molecule has 0 aliphatic rings. The van der Waals surface area contributed by atoms with Crippen LogP contribution in [0.2, 0.25) is 0 Å². The molecule has 3 aromatic rings. The lowest BCUT2D eigenvalue weighted by Gasteiger charge is -1.99. The second-order valence-electron chi connectivity index (χ2n) is 3.84. The summed E-state index contributed by atoms with van der Waals surface area (Å²) in [6, 6.07) is 9.11. The molecule has 3 rings (SSSR count). The third-order valence-corrected chi connectivity index (χ3v) is 2.48. The van der Waals surface area contributed by atoms with E-state index in [9.17, 15) is 9.90 Å². The second-order valence-corrected chi connectivity index (χ2v) is 3.84. The molecular formula is C14H12O6. The number of phenols is 2. The van der Waals surface area contributed by atoms with Crippen LogP contribution < -0.4 is 5.63 Å². The Morgan fingerprint density at radius 2 is 1.80 bits per heavy atom. The monoisotopic (exact) mass is 276 g/mol. The van der Waals surface area contributed by atoms with Crippen LogP contribution in [0.1, 0.15) is 5.76 Å². The highest BCUT2D eigenvalue weighted by Gasteiger charge is 2.07. The third-order valence-electron chi connectivity index (χ3n) is 2.48. The SMILES string of the molecule is O=c1ccc2ccc(O)c(O)c2o1.OCc1ccco1. The van der Waals surface area contributed by atoms with Gasteiger partial charge in [-0.2, -0.15) is 0 Å². The van der Waals surface area contributed by atoms with Gasteiger partial charge in [-0.3, -0.25) is 0 Å². The van der Waals surface area contributed by atoms with E-state index in [2.05, 4.69) is 0 Å². The zero-order chi connectivity index (χ0) is 14.5. The molecule has 0 saturated heterocycles. The lowest BCUT2D eigenvalue weighted by atomic mass is 10.2.